The van der Waals surface area contributed by atoms with Crippen LogP contribution in [0.2, 0.25) is 0 Å². The molecule has 5 rings (SSSR count). The van der Waals surface area contributed by atoms with Gasteiger partial charge in [0.25, 0.3) is 5.56 Å². The molecule has 2 N–H and O–H groups in total. The molecule has 0 aliphatic rings. The van der Waals surface area contributed by atoms with E-state index in [1.54, 1.807) is 18.6 Å². The van der Waals surface area contributed by atoms with Gasteiger partial charge in [-0.05, 0) is 59.8 Å². The van der Waals surface area contributed by atoms with Crippen molar-refractivity contribution in [3.63, 3.8) is 0 Å². The first-order chi connectivity index (χ1) is 15.7. The van der Waals surface area contributed by atoms with Crippen molar-refractivity contribution >= 4 is 27.5 Å². The number of rotatable bonds is 5. The Labute approximate surface area is 184 Å². The van der Waals surface area contributed by atoms with Gasteiger partial charge in [0.15, 0.2) is 5.82 Å². The number of benzene rings is 2. The molecular weight excluding hydrogens is 402 g/mol. The molecule has 7 nitrogen and oxygen atoms in total. The van der Waals surface area contributed by atoms with Crippen LogP contribution in [0.3, 0.4) is 0 Å². The lowest BCUT2D eigenvalue weighted by molar-refractivity contribution is 0.344. The Morgan fingerprint density at radius 2 is 1.91 bits per heavy atom. The Kier molecular flexibility index (Phi) is 4.99. The molecule has 0 saturated heterocycles. The Balaban J connectivity index is 1.80. The summed E-state index contributed by atoms with van der Waals surface area (Å²) in [5.41, 5.74) is 3.29. The van der Waals surface area contributed by atoms with Gasteiger partial charge in [-0.25, -0.2) is 9.97 Å². The monoisotopic (exact) mass is 423 g/mol. The molecule has 0 aliphatic heterocycles. The third-order valence-electron chi connectivity index (χ3n) is 5.35. The minimum atomic E-state index is -0.115. The average Bonchev–Trinajstić information content (AvgIpc) is 2.84. The van der Waals surface area contributed by atoms with Crippen molar-refractivity contribution in [2.24, 2.45) is 0 Å². The topological polar surface area (TPSA) is 92.8 Å². The second kappa shape index (κ2) is 8.11. The number of hydrogen-bond donors (Lipinski definition) is 2. The molecule has 0 saturated carbocycles. The molecule has 0 unspecified atom stereocenters. The van der Waals surface area contributed by atoms with Gasteiger partial charge in [-0.1, -0.05) is 12.1 Å². The zero-order chi connectivity index (χ0) is 22.1. The first-order valence-electron chi connectivity index (χ1n) is 10.4. The molecule has 0 radical (unpaired) electrons. The van der Waals surface area contributed by atoms with Crippen LogP contribution in [0.4, 0.5) is 5.82 Å². The molecule has 158 valence electrons. The summed E-state index contributed by atoms with van der Waals surface area (Å²) in [6.07, 6.45) is 5.13. The number of nitrogens with zero attached hydrogens (tertiary/aromatic N) is 3. The fourth-order valence-electron chi connectivity index (χ4n) is 3.91. The van der Waals surface area contributed by atoms with Gasteiger partial charge in [0, 0.05) is 42.0 Å². The van der Waals surface area contributed by atoms with Gasteiger partial charge in [-0.3, -0.25) is 9.78 Å². The first-order valence-corrected chi connectivity index (χ1v) is 10.4. The maximum absolute atomic E-state index is 12.3. The van der Waals surface area contributed by atoms with Crippen molar-refractivity contribution in [2.75, 3.05) is 19.0 Å². The smallest absolute Gasteiger partial charge is 0.255 e. The number of anilines is 1. The van der Waals surface area contributed by atoms with E-state index in [-0.39, 0.29) is 5.56 Å². The summed E-state index contributed by atoms with van der Waals surface area (Å²) in [7, 11) is 1.83. The van der Waals surface area contributed by atoms with Gasteiger partial charge in [0.2, 0.25) is 0 Å². The summed E-state index contributed by atoms with van der Waals surface area (Å²) in [4.78, 5) is 28.8. The van der Waals surface area contributed by atoms with Crippen molar-refractivity contribution in [3.05, 3.63) is 77.5 Å². The van der Waals surface area contributed by atoms with Crippen LogP contribution < -0.4 is 15.6 Å². The van der Waals surface area contributed by atoms with Gasteiger partial charge in [0.05, 0.1) is 6.61 Å². The number of aromatic nitrogens is 4. The molecule has 0 atom stereocenters. The van der Waals surface area contributed by atoms with Crippen LogP contribution >= 0.6 is 0 Å². The predicted molar refractivity (Wildman–Crippen MR) is 127 cm³/mol. The summed E-state index contributed by atoms with van der Waals surface area (Å²) >= 11 is 0. The summed E-state index contributed by atoms with van der Waals surface area (Å²) in [5, 5.41) is 5.54. The van der Waals surface area contributed by atoms with Crippen LogP contribution in [0.15, 0.2) is 71.9 Å². The van der Waals surface area contributed by atoms with Crippen LogP contribution in [0.5, 0.6) is 5.75 Å². The van der Waals surface area contributed by atoms with Crippen molar-refractivity contribution < 1.29 is 4.74 Å². The highest BCUT2D eigenvalue weighted by atomic mass is 16.5. The Morgan fingerprint density at radius 1 is 1.00 bits per heavy atom. The molecule has 5 aromatic rings. The summed E-state index contributed by atoms with van der Waals surface area (Å²) < 4.78 is 6.01. The SMILES string of the molecule is CCOc1cc(-c2cccc3c(=O)[nH]ccc23)cc2c(NC)nc(-c3cccnc3)nc12. The molecule has 0 aliphatic carbocycles. The van der Waals surface area contributed by atoms with E-state index in [9.17, 15) is 4.79 Å². The summed E-state index contributed by atoms with van der Waals surface area (Å²) in [6.45, 7) is 2.44. The largest absolute Gasteiger partial charge is 0.492 e. The van der Waals surface area contributed by atoms with Crippen LogP contribution in [-0.4, -0.2) is 33.6 Å². The maximum atomic E-state index is 12.3. The Morgan fingerprint density at radius 3 is 2.69 bits per heavy atom. The van der Waals surface area contributed by atoms with Crippen molar-refractivity contribution in [2.45, 2.75) is 6.92 Å². The third-order valence-corrected chi connectivity index (χ3v) is 5.35. The normalized spacial score (nSPS) is 11.1. The molecule has 2 aromatic carbocycles. The number of ether oxygens (including phenoxy) is 1. The molecule has 0 bridgehead atoms. The van der Waals surface area contributed by atoms with Crippen LogP contribution in [-0.2, 0) is 0 Å². The van der Waals surface area contributed by atoms with Gasteiger partial charge < -0.3 is 15.0 Å². The molecule has 3 heterocycles. The molecular formula is C25H21N5O2. The number of fused-ring (bicyclic) bond motifs is 2. The van der Waals surface area contributed by atoms with Gasteiger partial charge in [-0.15, -0.1) is 0 Å². The van der Waals surface area contributed by atoms with E-state index in [0.717, 1.165) is 27.5 Å². The minimum absolute atomic E-state index is 0.115. The fourth-order valence-corrected chi connectivity index (χ4v) is 3.91. The van der Waals surface area contributed by atoms with Crippen LogP contribution in [0.25, 0.3) is 44.2 Å². The lowest BCUT2D eigenvalue weighted by Gasteiger charge is -2.15. The summed E-state index contributed by atoms with van der Waals surface area (Å²) in [6, 6.07) is 15.4. The quantitative estimate of drug-likeness (QED) is 0.428. The molecule has 7 heteroatoms. The zero-order valence-electron chi connectivity index (χ0n) is 17.7. The van der Waals surface area contributed by atoms with Crippen LogP contribution in [0, 0.1) is 0 Å². The van der Waals surface area contributed by atoms with Crippen molar-refractivity contribution in [1.29, 1.82) is 0 Å². The third kappa shape index (κ3) is 3.33. The minimum Gasteiger partial charge on any atom is -0.492 e. The lowest BCUT2D eigenvalue weighted by atomic mass is 9.97. The molecule has 0 fully saturated rings. The maximum Gasteiger partial charge on any atom is 0.255 e. The second-order valence-corrected chi connectivity index (χ2v) is 7.26. The van der Waals surface area contributed by atoms with E-state index < -0.39 is 0 Å². The molecule has 32 heavy (non-hydrogen) atoms. The van der Waals surface area contributed by atoms with Gasteiger partial charge >= 0.3 is 0 Å². The van der Waals surface area contributed by atoms with Gasteiger partial charge in [-0.2, -0.15) is 0 Å². The standard InChI is InChI=1S/C25H21N5O2/c1-3-32-21-13-16(17-7-4-8-19-18(17)9-11-28-25(19)31)12-20-22(21)29-23(30-24(20)26-2)15-6-5-10-27-14-15/h4-14H,3H2,1-2H3,(H,28,31)(H,26,29,30). The first kappa shape index (κ1) is 19.7. The second-order valence-electron chi connectivity index (χ2n) is 7.26. The number of nitrogens with one attached hydrogen (secondary N) is 2. The van der Waals surface area contributed by atoms with Crippen molar-refractivity contribution in [3.8, 4) is 28.3 Å². The highest BCUT2D eigenvalue weighted by Crippen LogP contribution is 2.37. The highest BCUT2D eigenvalue weighted by molar-refractivity contribution is 6.02. The van der Waals surface area contributed by atoms with E-state index in [4.69, 9.17) is 14.7 Å². The number of pyridine rings is 2. The van der Waals surface area contributed by atoms with E-state index >= 15 is 0 Å². The number of hydrogen-bond acceptors (Lipinski definition) is 6. The number of aromatic amines is 1. The Bertz CT molecular complexity index is 1500. The molecule has 0 spiro atoms. The van der Waals surface area contributed by atoms with Crippen molar-refractivity contribution in [1.82, 2.24) is 19.9 Å². The summed E-state index contributed by atoms with van der Waals surface area (Å²) in [5.74, 6) is 1.92. The van der Waals surface area contributed by atoms with Crippen LogP contribution in [0.1, 0.15) is 6.92 Å². The van der Waals surface area contributed by atoms with E-state index in [1.807, 2.05) is 62.5 Å². The molecule has 3 aromatic heterocycles. The van der Waals surface area contributed by atoms with E-state index in [0.29, 0.717) is 34.9 Å². The van der Waals surface area contributed by atoms with E-state index in [2.05, 4.69) is 15.3 Å². The number of H-pyrrole nitrogens is 1. The zero-order valence-corrected chi connectivity index (χ0v) is 17.7. The van der Waals surface area contributed by atoms with Gasteiger partial charge in [0.1, 0.15) is 17.1 Å². The highest BCUT2D eigenvalue weighted by Gasteiger charge is 2.16. The molecule has 0 amide bonds. The van der Waals surface area contributed by atoms with E-state index in [1.165, 1.54) is 0 Å². The Hall–Kier alpha value is -4.26. The predicted octanol–water partition coefficient (Wildman–Crippen LogP) is 4.64. The average molecular weight is 423 g/mol. The lowest BCUT2D eigenvalue weighted by Crippen LogP contribution is -2.05. The fraction of sp³-hybridized carbons (Fsp3) is 0.120.